The molecule has 78 heavy (non-hydrogen) atoms. The van der Waals surface area contributed by atoms with Crippen LogP contribution in [0.25, 0.3) is 0 Å². The fraction of sp³-hybridized carbons (Fsp3) is 0.549. The number of hydrogen-bond donors (Lipinski definition) is 16. The van der Waals surface area contributed by atoms with E-state index in [4.69, 9.17) is 28.7 Å². The van der Waals surface area contributed by atoms with Gasteiger partial charge in [0.2, 0.25) is 47.3 Å². The molecule has 0 aromatic heterocycles. The van der Waals surface area contributed by atoms with E-state index < -0.39 is 89.5 Å². The van der Waals surface area contributed by atoms with E-state index in [9.17, 15) is 53.4 Å². The molecule has 27 nitrogen and oxygen atoms in total. The quantitative estimate of drug-likeness (QED) is 0.0352. The van der Waals surface area contributed by atoms with Crippen molar-refractivity contribution in [1.29, 1.82) is 0 Å². The van der Waals surface area contributed by atoms with Gasteiger partial charge < -0.3 is 81.4 Å². The second-order valence-electron chi connectivity index (χ2n) is 19.3. The highest BCUT2D eigenvalue weighted by molar-refractivity contribution is 5.98. The first kappa shape index (κ1) is 64.1. The van der Waals surface area contributed by atoms with Gasteiger partial charge >= 0.3 is 6.03 Å². The highest BCUT2D eigenvalue weighted by atomic mass is 16.3. The summed E-state index contributed by atoms with van der Waals surface area (Å²) in [5, 5.41) is 43.7. The fourth-order valence-electron chi connectivity index (χ4n) is 7.99. The molecule has 6 atom stereocenters. The maximum absolute atomic E-state index is 14.6. The van der Waals surface area contributed by atoms with Crippen molar-refractivity contribution in [2.75, 3.05) is 32.7 Å². The SMILES string of the molecule is CC(C)C[C@H](NC(=O)[C@@H]1CCCN=C(N)NC(=O)NCCCCNC(=O)CCC(=O)N[C@@H](CCCCN)C(=O)N[C@@H](Cc2ccc(O)cc2)C(=O)N1)C(=O)N[C@@H](CCCN=C(N)N)C(=O)N[C@@H](Cc1ccc(O)cc1)C(N)=O. The van der Waals surface area contributed by atoms with Crippen LogP contribution >= 0.6 is 0 Å². The Bertz CT molecular complexity index is 2370. The van der Waals surface area contributed by atoms with Crippen LogP contribution in [0.3, 0.4) is 0 Å². The molecule has 0 aliphatic carbocycles. The minimum absolute atomic E-state index is 0.0181. The Balaban J connectivity index is 2.02. The summed E-state index contributed by atoms with van der Waals surface area (Å²) in [6, 6.07) is 3.20. The predicted octanol–water partition coefficient (Wildman–Crippen LogP) is -2.41. The molecule has 10 amide bonds. The van der Waals surface area contributed by atoms with E-state index in [-0.39, 0.29) is 120 Å². The van der Waals surface area contributed by atoms with Crippen LogP contribution in [-0.2, 0) is 51.2 Å². The van der Waals surface area contributed by atoms with E-state index >= 15 is 0 Å². The second kappa shape index (κ2) is 34.4. The van der Waals surface area contributed by atoms with Gasteiger partial charge in [0.25, 0.3) is 0 Å². The number of phenolic OH excluding ortho intramolecular Hbond substituents is 2. The average Bonchev–Trinajstić information content (AvgIpc) is 3.38. The third-order valence-electron chi connectivity index (χ3n) is 12.2. The van der Waals surface area contributed by atoms with E-state index in [0.717, 1.165) is 0 Å². The molecule has 3 rings (SSSR count). The maximum Gasteiger partial charge on any atom is 0.321 e. The van der Waals surface area contributed by atoms with Crippen LogP contribution in [0.2, 0.25) is 0 Å². The van der Waals surface area contributed by atoms with Gasteiger partial charge in [-0.1, -0.05) is 38.1 Å². The van der Waals surface area contributed by atoms with Gasteiger partial charge in [0, 0.05) is 51.9 Å². The Morgan fingerprint density at radius 1 is 0.718 bits per heavy atom. The summed E-state index contributed by atoms with van der Waals surface area (Å²) in [4.78, 5) is 131. The Morgan fingerprint density at radius 2 is 1.32 bits per heavy atom. The normalized spacial score (nSPS) is 18.9. The molecule has 2 aromatic carbocycles. The topological polar surface area (TPSA) is 457 Å². The highest BCUT2D eigenvalue weighted by Gasteiger charge is 2.34. The van der Waals surface area contributed by atoms with Crippen LogP contribution in [0.5, 0.6) is 11.5 Å². The summed E-state index contributed by atoms with van der Waals surface area (Å²) in [5.74, 6) is -6.70. The van der Waals surface area contributed by atoms with E-state index in [1.807, 2.05) is 0 Å². The number of guanidine groups is 2. The lowest BCUT2D eigenvalue weighted by molar-refractivity contribution is -0.135. The van der Waals surface area contributed by atoms with Crippen LogP contribution in [0.1, 0.15) is 102 Å². The monoisotopic (exact) mass is 1090 g/mol. The fourth-order valence-corrected chi connectivity index (χ4v) is 7.99. The molecule has 0 fully saturated rings. The smallest absolute Gasteiger partial charge is 0.321 e. The molecule has 1 aliphatic heterocycles. The Kier molecular flexibility index (Phi) is 28.3. The number of carbonyl (C=O) groups excluding carboxylic acids is 9. The zero-order valence-electron chi connectivity index (χ0n) is 44.4. The minimum Gasteiger partial charge on any atom is -0.508 e. The number of nitrogens with two attached hydrogens (primary N) is 5. The van der Waals surface area contributed by atoms with Gasteiger partial charge in [0.05, 0.1) is 0 Å². The summed E-state index contributed by atoms with van der Waals surface area (Å²) in [6.07, 6.45) is 1.49. The molecule has 0 saturated carbocycles. The highest BCUT2D eigenvalue weighted by Crippen LogP contribution is 2.15. The number of rotatable bonds is 21. The number of carbonyl (C=O) groups is 9. The minimum atomic E-state index is -1.43. The number of nitrogens with zero attached hydrogens (tertiary/aromatic N) is 2. The van der Waals surface area contributed by atoms with Crippen molar-refractivity contribution >= 4 is 65.2 Å². The summed E-state index contributed by atoms with van der Waals surface area (Å²) in [7, 11) is 0. The molecular formula is C51H80N16O11. The van der Waals surface area contributed by atoms with Gasteiger partial charge in [-0.05, 0) is 112 Å². The first-order valence-corrected chi connectivity index (χ1v) is 26.2. The number of nitrogens with one attached hydrogen (secondary N) is 9. The Labute approximate surface area is 453 Å². The average molecular weight is 1090 g/mol. The third-order valence-corrected chi connectivity index (χ3v) is 12.2. The van der Waals surface area contributed by atoms with Crippen molar-refractivity contribution in [3.8, 4) is 11.5 Å². The molecule has 0 spiro atoms. The lowest BCUT2D eigenvalue weighted by atomic mass is 10.00. The molecule has 430 valence electrons. The van der Waals surface area contributed by atoms with E-state index in [1.165, 1.54) is 36.4 Å². The molecule has 1 aliphatic rings. The van der Waals surface area contributed by atoms with Crippen molar-refractivity contribution < 1.29 is 53.4 Å². The third kappa shape index (κ3) is 25.5. The predicted molar refractivity (Wildman–Crippen MR) is 290 cm³/mol. The lowest BCUT2D eigenvalue weighted by Gasteiger charge is -2.28. The number of aliphatic imine (C=N–C) groups is 2. The van der Waals surface area contributed by atoms with E-state index in [2.05, 4.69) is 57.8 Å². The maximum atomic E-state index is 14.6. The van der Waals surface area contributed by atoms with Crippen LogP contribution in [-0.4, -0.2) is 144 Å². The Morgan fingerprint density at radius 3 is 1.95 bits per heavy atom. The molecule has 27 heteroatoms. The number of primary amides is 1. The number of benzene rings is 2. The standard InChI is InChI=1S/C51H80N16O11/c1-30(2)27-39(47(76)62-36(10-7-25-58-49(54)55)45(74)64-38(43(53)72)28-31-12-16-33(68)17-13-31)65-46(75)37-11-8-26-59-50(56)67-51(78)60-24-6-5-23-57-41(70)20-21-42(71)61-35(9-3-4-22-52)44(73)66-40(48(77)63-37)29-32-14-18-34(69)19-15-32/h12-19,30,35-40,68-69H,3-11,20-29,52H2,1-2H3,(H2,53,72)(H,57,70)(H,61,71)(H,62,76)(H,63,77)(H,64,74)(H,65,75)(H,66,73)(H4,54,55,58)(H4,56,59,60,67,78)/t35-,36-,37-,38-,39-,40-/m0/s1. The van der Waals surface area contributed by atoms with E-state index in [1.54, 1.807) is 26.0 Å². The number of phenols is 2. The number of aromatic hydroxyl groups is 2. The van der Waals surface area contributed by atoms with Crippen molar-refractivity contribution in [1.82, 2.24) is 47.9 Å². The molecule has 0 bridgehead atoms. The zero-order chi connectivity index (χ0) is 57.6. The molecule has 0 unspecified atom stereocenters. The van der Waals surface area contributed by atoms with Gasteiger partial charge in [-0.2, -0.15) is 0 Å². The summed E-state index contributed by atoms with van der Waals surface area (Å²) in [6.45, 7) is 4.40. The number of urea groups is 1. The number of amides is 10. The van der Waals surface area contributed by atoms with Crippen molar-refractivity contribution in [3.63, 3.8) is 0 Å². The van der Waals surface area contributed by atoms with E-state index in [0.29, 0.717) is 43.4 Å². The first-order valence-electron chi connectivity index (χ1n) is 26.2. The van der Waals surface area contributed by atoms with Gasteiger partial charge in [-0.15, -0.1) is 0 Å². The second-order valence-corrected chi connectivity index (χ2v) is 19.3. The Hall–Kier alpha value is -8.23. The van der Waals surface area contributed by atoms with Crippen molar-refractivity contribution in [2.45, 2.75) is 140 Å². The van der Waals surface area contributed by atoms with Gasteiger partial charge in [0.15, 0.2) is 11.9 Å². The molecule has 0 radical (unpaired) electrons. The number of hydrogen-bond acceptors (Lipinski definition) is 15. The van der Waals surface area contributed by atoms with Gasteiger partial charge in [-0.25, -0.2) is 4.79 Å². The summed E-state index contributed by atoms with van der Waals surface area (Å²) >= 11 is 0. The summed E-state index contributed by atoms with van der Waals surface area (Å²) < 4.78 is 0. The molecule has 21 N–H and O–H groups in total. The van der Waals surface area contributed by atoms with Crippen molar-refractivity contribution in [3.05, 3.63) is 59.7 Å². The number of unbranched alkanes of at least 4 members (excludes halogenated alkanes) is 1. The molecule has 2 aromatic rings. The molecule has 0 saturated heterocycles. The van der Waals surface area contributed by atoms with Crippen LogP contribution in [0, 0.1) is 5.92 Å². The van der Waals surface area contributed by atoms with Crippen LogP contribution < -0.4 is 76.5 Å². The largest absolute Gasteiger partial charge is 0.508 e. The first-order chi connectivity index (χ1) is 37.1. The zero-order valence-corrected chi connectivity index (χ0v) is 44.4. The van der Waals surface area contributed by atoms with Crippen molar-refractivity contribution in [2.24, 2.45) is 44.6 Å². The van der Waals surface area contributed by atoms with Gasteiger partial charge in [-0.3, -0.25) is 53.7 Å². The molecular weight excluding hydrogens is 1010 g/mol. The van der Waals surface area contributed by atoms with Crippen LogP contribution in [0.15, 0.2) is 58.5 Å². The van der Waals surface area contributed by atoms with Crippen LogP contribution in [0.4, 0.5) is 4.79 Å². The summed E-state index contributed by atoms with van der Waals surface area (Å²) in [5.41, 5.74) is 29.5. The lowest BCUT2D eigenvalue weighted by Crippen LogP contribution is -2.60. The van der Waals surface area contributed by atoms with Gasteiger partial charge in [0.1, 0.15) is 47.8 Å². The molecule has 1 heterocycles.